The van der Waals surface area contributed by atoms with Gasteiger partial charge in [-0.15, -0.1) is 0 Å². The van der Waals surface area contributed by atoms with Gasteiger partial charge in [0, 0.05) is 19.1 Å². The van der Waals surface area contributed by atoms with Crippen molar-refractivity contribution in [1.82, 2.24) is 15.5 Å². The molecule has 1 aromatic heterocycles. The molecular weight excluding hydrogens is 374 g/mol. The number of hydrogen-bond donors (Lipinski definition) is 2. The normalized spacial score (nSPS) is 14.3. The van der Waals surface area contributed by atoms with Crippen LogP contribution in [0.3, 0.4) is 0 Å². The monoisotopic (exact) mass is 399 g/mol. The average molecular weight is 399 g/mol. The number of piperidine rings is 1. The van der Waals surface area contributed by atoms with E-state index < -0.39 is 0 Å². The molecule has 8 heteroatoms. The zero-order chi connectivity index (χ0) is 20.8. The highest BCUT2D eigenvalue weighted by atomic mass is 16.5. The third kappa shape index (κ3) is 4.96. The van der Waals surface area contributed by atoms with Crippen molar-refractivity contribution < 1.29 is 23.5 Å². The minimum Gasteiger partial charge on any atom is -0.496 e. The minimum absolute atomic E-state index is 0.00372. The quantitative estimate of drug-likeness (QED) is 0.771. The second kappa shape index (κ2) is 9.27. The van der Waals surface area contributed by atoms with Crippen LogP contribution in [0.5, 0.6) is 5.75 Å². The van der Waals surface area contributed by atoms with Crippen LogP contribution in [0.4, 0.5) is 0 Å². The Bertz CT molecular complexity index is 884. The summed E-state index contributed by atoms with van der Waals surface area (Å²) in [6.45, 7) is 2.72. The molecule has 3 amide bonds. The molecule has 8 nitrogen and oxygen atoms in total. The molecule has 0 radical (unpaired) electrons. The molecule has 2 heterocycles. The van der Waals surface area contributed by atoms with Gasteiger partial charge in [0.2, 0.25) is 5.91 Å². The molecule has 1 aliphatic rings. The van der Waals surface area contributed by atoms with Gasteiger partial charge in [0.05, 0.1) is 31.0 Å². The zero-order valence-electron chi connectivity index (χ0n) is 16.6. The highest BCUT2D eigenvalue weighted by Crippen LogP contribution is 2.17. The Morgan fingerprint density at radius 1 is 1.10 bits per heavy atom. The lowest BCUT2D eigenvalue weighted by Crippen LogP contribution is -2.49. The summed E-state index contributed by atoms with van der Waals surface area (Å²) < 4.78 is 10.3. The number of ether oxygens (including phenoxy) is 1. The smallest absolute Gasteiger partial charge is 0.255 e. The first-order valence-electron chi connectivity index (χ1n) is 9.53. The Labute approximate surface area is 169 Å². The number of rotatable bonds is 6. The van der Waals surface area contributed by atoms with E-state index in [0.717, 1.165) is 0 Å². The van der Waals surface area contributed by atoms with Gasteiger partial charge in [0.1, 0.15) is 11.5 Å². The van der Waals surface area contributed by atoms with E-state index in [1.54, 1.807) is 42.2 Å². The number of furan rings is 1. The van der Waals surface area contributed by atoms with Crippen LogP contribution in [0.1, 0.15) is 39.3 Å². The van der Waals surface area contributed by atoms with Crippen LogP contribution in [0.15, 0.2) is 41.0 Å². The number of nitrogens with one attached hydrogen (secondary N) is 2. The molecule has 0 aliphatic carbocycles. The fraction of sp³-hybridized carbons (Fsp3) is 0.381. The number of benzene rings is 1. The molecule has 3 rings (SSSR count). The fourth-order valence-corrected chi connectivity index (χ4v) is 3.35. The van der Waals surface area contributed by atoms with Gasteiger partial charge in [0.15, 0.2) is 0 Å². The Hall–Kier alpha value is -3.29. The van der Waals surface area contributed by atoms with Gasteiger partial charge >= 0.3 is 0 Å². The number of para-hydroxylation sites is 1. The van der Waals surface area contributed by atoms with Crippen LogP contribution in [0.25, 0.3) is 0 Å². The summed E-state index contributed by atoms with van der Waals surface area (Å²) in [4.78, 5) is 38.7. The molecule has 1 fully saturated rings. The molecule has 29 heavy (non-hydrogen) atoms. The lowest BCUT2D eigenvalue weighted by Gasteiger charge is -2.32. The average Bonchev–Trinajstić information content (AvgIpc) is 3.18. The third-order valence-electron chi connectivity index (χ3n) is 5.04. The molecule has 1 aromatic carbocycles. The van der Waals surface area contributed by atoms with E-state index in [9.17, 15) is 14.4 Å². The van der Waals surface area contributed by atoms with E-state index in [0.29, 0.717) is 48.6 Å². The van der Waals surface area contributed by atoms with E-state index in [4.69, 9.17) is 9.15 Å². The van der Waals surface area contributed by atoms with Crippen LogP contribution >= 0.6 is 0 Å². The third-order valence-corrected chi connectivity index (χ3v) is 5.04. The number of methoxy groups -OCH3 is 1. The summed E-state index contributed by atoms with van der Waals surface area (Å²) in [5.74, 6) is 0.380. The lowest BCUT2D eigenvalue weighted by molar-refractivity contribution is -0.131. The number of hydrogen-bond acceptors (Lipinski definition) is 5. The van der Waals surface area contributed by atoms with E-state index in [-0.39, 0.29) is 30.3 Å². The van der Waals surface area contributed by atoms with E-state index in [1.165, 1.54) is 13.4 Å². The van der Waals surface area contributed by atoms with Crippen molar-refractivity contribution in [3.05, 3.63) is 53.5 Å². The number of amides is 3. The molecule has 0 unspecified atom stereocenters. The minimum atomic E-state index is -0.353. The maximum atomic E-state index is 12.4. The Morgan fingerprint density at radius 2 is 1.83 bits per heavy atom. The van der Waals surface area contributed by atoms with Crippen LogP contribution in [0.2, 0.25) is 0 Å². The second-order valence-corrected chi connectivity index (χ2v) is 6.90. The first-order chi connectivity index (χ1) is 14.0. The number of aryl methyl sites for hydroxylation is 1. The fourth-order valence-electron chi connectivity index (χ4n) is 3.35. The summed E-state index contributed by atoms with van der Waals surface area (Å²) in [7, 11) is 1.49. The molecule has 0 atom stereocenters. The van der Waals surface area contributed by atoms with E-state index >= 15 is 0 Å². The molecule has 2 N–H and O–H groups in total. The van der Waals surface area contributed by atoms with Crippen molar-refractivity contribution in [3.8, 4) is 5.75 Å². The molecule has 0 saturated carbocycles. The van der Waals surface area contributed by atoms with Gasteiger partial charge in [-0.3, -0.25) is 14.4 Å². The SMILES string of the molecule is COc1ccccc1C(=O)NCC(=O)N1CCC(NC(=O)c2ccoc2C)CC1. The predicted octanol–water partition coefficient (Wildman–Crippen LogP) is 1.75. The second-order valence-electron chi connectivity index (χ2n) is 6.90. The topological polar surface area (TPSA) is 101 Å². The summed E-state index contributed by atoms with van der Waals surface area (Å²) in [6.07, 6.45) is 2.81. The summed E-state index contributed by atoms with van der Waals surface area (Å²) in [5.41, 5.74) is 0.918. The Kier molecular flexibility index (Phi) is 6.54. The van der Waals surface area contributed by atoms with Crippen molar-refractivity contribution in [3.63, 3.8) is 0 Å². The number of carbonyl (C=O) groups excluding carboxylic acids is 3. The predicted molar refractivity (Wildman–Crippen MR) is 106 cm³/mol. The highest BCUT2D eigenvalue weighted by Gasteiger charge is 2.25. The maximum absolute atomic E-state index is 12.4. The maximum Gasteiger partial charge on any atom is 0.255 e. The molecule has 0 spiro atoms. The van der Waals surface area contributed by atoms with Gasteiger partial charge in [-0.1, -0.05) is 12.1 Å². The highest BCUT2D eigenvalue weighted by molar-refractivity contribution is 5.98. The van der Waals surface area contributed by atoms with Crippen molar-refractivity contribution >= 4 is 17.7 Å². The summed E-state index contributed by atoms with van der Waals surface area (Å²) >= 11 is 0. The van der Waals surface area contributed by atoms with Gasteiger partial charge in [-0.25, -0.2) is 0 Å². The molecular formula is C21H25N3O5. The largest absolute Gasteiger partial charge is 0.496 e. The molecule has 154 valence electrons. The van der Waals surface area contributed by atoms with Crippen LogP contribution in [0, 0.1) is 6.92 Å². The lowest BCUT2D eigenvalue weighted by atomic mass is 10.0. The van der Waals surface area contributed by atoms with Gasteiger partial charge in [0.25, 0.3) is 11.8 Å². The van der Waals surface area contributed by atoms with Crippen molar-refractivity contribution in [2.45, 2.75) is 25.8 Å². The van der Waals surface area contributed by atoms with Crippen LogP contribution in [-0.2, 0) is 4.79 Å². The Balaban J connectivity index is 1.45. The molecule has 1 aliphatic heterocycles. The molecule has 0 bridgehead atoms. The summed E-state index contributed by atoms with van der Waals surface area (Å²) in [5, 5.41) is 5.63. The van der Waals surface area contributed by atoms with Crippen molar-refractivity contribution in [2.75, 3.05) is 26.7 Å². The first-order valence-corrected chi connectivity index (χ1v) is 9.53. The van der Waals surface area contributed by atoms with Gasteiger partial charge < -0.3 is 24.7 Å². The number of nitrogens with zero attached hydrogens (tertiary/aromatic N) is 1. The molecule has 1 saturated heterocycles. The first kappa shape index (κ1) is 20.4. The van der Waals surface area contributed by atoms with Gasteiger partial charge in [-0.2, -0.15) is 0 Å². The molecule has 2 aromatic rings. The standard InChI is InChI=1S/C21H25N3O5/c1-14-16(9-12-29-14)21(27)23-15-7-10-24(11-8-15)19(25)13-22-20(26)17-5-3-4-6-18(17)28-2/h3-6,9,12,15H,7-8,10-11,13H2,1-2H3,(H,22,26)(H,23,27). The van der Waals surface area contributed by atoms with Crippen molar-refractivity contribution in [1.29, 1.82) is 0 Å². The zero-order valence-corrected chi connectivity index (χ0v) is 16.6. The van der Waals surface area contributed by atoms with Gasteiger partial charge in [-0.05, 0) is 38.0 Å². The Morgan fingerprint density at radius 3 is 2.48 bits per heavy atom. The van der Waals surface area contributed by atoms with Crippen molar-refractivity contribution in [2.24, 2.45) is 0 Å². The van der Waals surface area contributed by atoms with Crippen LogP contribution in [-0.4, -0.2) is 55.4 Å². The van der Waals surface area contributed by atoms with E-state index in [1.807, 2.05) is 0 Å². The van der Waals surface area contributed by atoms with Crippen LogP contribution < -0.4 is 15.4 Å². The number of likely N-dealkylation sites (tertiary alicyclic amines) is 1. The number of carbonyl (C=O) groups is 3. The summed E-state index contributed by atoms with van der Waals surface area (Å²) in [6, 6.07) is 8.51. The van der Waals surface area contributed by atoms with E-state index in [2.05, 4.69) is 10.6 Å².